The van der Waals surface area contributed by atoms with E-state index in [2.05, 4.69) is 0 Å². The van der Waals surface area contributed by atoms with E-state index in [0.29, 0.717) is 6.61 Å². The van der Waals surface area contributed by atoms with Crippen LogP contribution in [0, 0.1) is 0 Å². The number of unbranched alkanes of at least 4 members (excludes halogenated alkanes) is 1. The van der Waals surface area contributed by atoms with Crippen LogP contribution < -0.4 is 0 Å². The van der Waals surface area contributed by atoms with E-state index >= 15 is 0 Å². The minimum Gasteiger partial charge on any atom is -0.488 e. The second-order valence-corrected chi connectivity index (χ2v) is 4.27. The Balaban J connectivity index is 2.91. The van der Waals surface area contributed by atoms with E-state index in [0.717, 1.165) is 12.8 Å². The Hall–Kier alpha value is -0.510. The molecule has 0 aromatic heterocycles. The maximum atomic E-state index is 11.6. The number of halogens is 3. The van der Waals surface area contributed by atoms with Gasteiger partial charge in [-0.1, -0.05) is 48.1 Å². The van der Waals surface area contributed by atoms with E-state index in [9.17, 15) is 9.59 Å². The molecule has 0 atom stereocenters. The molecule has 0 heterocycles. The summed E-state index contributed by atoms with van der Waals surface area (Å²) in [5.74, 6) is -1.54. The zero-order valence-electron chi connectivity index (χ0n) is 8.48. The Bertz CT molecular complexity index is 396. The topological polar surface area (TPSA) is 43.4 Å². The largest absolute Gasteiger partial charge is 0.488 e. The Kier molecular flexibility index (Phi) is 4.84. The van der Waals surface area contributed by atoms with Gasteiger partial charge in [0, 0.05) is 0 Å². The summed E-state index contributed by atoms with van der Waals surface area (Å²) in [4.78, 5) is 23.0. The minimum atomic E-state index is -0.681. The number of carbonyl (C=O) groups is 2. The molecule has 0 bridgehead atoms. The summed E-state index contributed by atoms with van der Waals surface area (Å²) in [5.41, 5.74) is 0. The molecule has 6 heteroatoms. The third-order valence-electron chi connectivity index (χ3n) is 1.94. The molecule has 16 heavy (non-hydrogen) atoms. The van der Waals surface area contributed by atoms with E-state index in [1.54, 1.807) is 0 Å². The molecule has 1 rings (SSSR count). The number of ketones is 2. The molecule has 0 fully saturated rings. The molecule has 0 aliphatic heterocycles. The van der Waals surface area contributed by atoms with E-state index in [1.807, 2.05) is 6.92 Å². The van der Waals surface area contributed by atoms with Crippen LogP contribution in [0.3, 0.4) is 0 Å². The second-order valence-electron chi connectivity index (χ2n) is 3.13. The highest BCUT2D eigenvalue weighted by Crippen LogP contribution is 2.31. The summed E-state index contributed by atoms with van der Waals surface area (Å²) in [6.07, 6.45) is 1.65. The van der Waals surface area contributed by atoms with Crippen molar-refractivity contribution >= 4 is 46.4 Å². The quantitative estimate of drug-likeness (QED) is 0.588. The monoisotopic (exact) mass is 282 g/mol. The van der Waals surface area contributed by atoms with Gasteiger partial charge >= 0.3 is 0 Å². The predicted molar refractivity (Wildman–Crippen MR) is 62.5 cm³/mol. The lowest BCUT2D eigenvalue weighted by atomic mass is 10.1. The summed E-state index contributed by atoms with van der Waals surface area (Å²) < 4.78 is 5.14. The van der Waals surface area contributed by atoms with Crippen LogP contribution >= 0.6 is 34.8 Å². The van der Waals surface area contributed by atoms with E-state index in [4.69, 9.17) is 39.5 Å². The van der Waals surface area contributed by atoms with Crippen molar-refractivity contribution in [2.24, 2.45) is 0 Å². The first-order valence-electron chi connectivity index (χ1n) is 4.68. The maximum Gasteiger partial charge on any atom is 0.242 e. The smallest absolute Gasteiger partial charge is 0.242 e. The van der Waals surface area contributed by atoms with E-state index < -0.39 is 11.6 Å². The Labute approximate surface area is 108 Å². The highest BCUT2D eigenvalue weighted by molar-refractivity contribution is 6.64. The first-order valence-corrected chi connectivity index (χ1v) is 5.81. The van der Waals surface area contributed by atoms with Crippen LogP contribution in [-0.2, 0) is 14.3 Å². The average Bonchev–Trinajstić information content (AvgIpc) is 2.28. The van der Waals surface area contributed by atoms with Gasteiger partial charge in [0.05, 0.1) is 6.61 Å². The van der Waals surface area contributed by atoms with Crippen molar-refractivity contribution in [1.82, 2.24) is 0 Å². The molecule has 1 aliphatic carbocycles. The highest BCUT2D eigenvalue weighted by atomic mass is 35.5. The zero-order valence-corrected chi connectivity index (χ0v) is 10.7. The van der Waals surface area contributed by atoms with Crippen molar-refractivity contribution in [2.45, 2.75) is 19.8 Å². The van der Waals surface area contributed by atoms with Crippen molar-refractivity contribution in [2.75, 3.05) is 6.61 Å². The Morgan fingerprint density at radius 3 is 2.12 bits per heavy atom. The van der Waals surface area contributed by atoms with Crippen molar-refractivity contribution in [3.8, 4) is 0 Å². The molecule has 0 amide bonds. The average molecular weight is 284 g/mol. The summed E-state index contributed by atoms with van der Waals surface area (Å²) in [6.45, 7) is 2.28. The Morgan fingerprint density at radius 1 is 1.00 bits per heavy atom. The van der Waals surface area contributed by atoms with Crippen LogP contribution in [0.25, 0.3) is 0 Å². The molecular weight excluding hydrogens is 274 g/mol. The van der Waals surface area contributed by atoms with Crippen LogP contribution in [-0.4, -0.2) is 18.2 Å². The number of carbonyl (C=O) groups excluding carboxylic acids is 2. The normalized spacial score (nSPS) is 17.2. The van der Waals surface area contributed by atoms with Gasteiger partial charge in [0.15, 0.2) is 5.76 Å². The van der Waals surface area contributed by atoms with Gasteiger partial charge in [-0.05, 0) is 6.42 Å². The molecule has 0 aromatic rings. The third-order valence-corrected chi connectivity index (χ3v) is 3.10. The lowest BCUT2D eigenvalue weighted by Crippen LogP contribution is -2.20. The van der Waals surface area contributed by atoms with Gasteiger partial charge in [0.25, 0.3) is 0 Å². The van der Waals surface area contributed by atoms with Gasteiger partial charge in [-0.3, -0.25) is 9.59 Å². The second kappa shape index (κ2) is 5.71. The van der Waals surface area contributed by atoms with Gasteiger partial charge in [-0.15, -0.1) is 0 Å². The van der Waals surface area contributed by atoms with Crippen molar-refractivity contribution in [3.05, 3.63) is 20.9 Å². The number of hydrogen-bond acceptors (Lipinski definition) is 3. The van der Waals surface area contributed by atoms with Gasteiger partial charge in [0.2, 0.25) is 11.6 Å². The first-order chi connectivity index (χ1) is 7.50. The molecule has 0 unspecified atom stereocenters. The molecule has 0 saturated heterocycles. The molecule has 1 aliphatic rings. The molecule has 3 nitrogen and oxygen atoms in total. The van der Waals surface area contributed by atoms with Gasteiger partial charge in [-0.25, -0.2) is 0 Å². The van der Waals surface area contributed by atoms with E-state index in [1.165, 1.54) is 0 Å². The van der Waals surface area contributed by atoms with Gasteiger partial charge in [-0.2, -0.15) is 0 Å². The molecular formula is C10H9Cl3O3. The Morgan fingerprint density at radius 2 is 1.56 bits per heavy atom. The summed E-state index contributed by atoms with van der Waals surface area (Å²) in [5, 5.41) is -1.02. The van der Waals surface area contributed by atoms with Crippen molar-refractivity contribution in [3.63, 3.8) is 0 Å². The molecule has 88 valence electrons. The fraction of sp³-hybridized carbons (Fsp3) is 0.400. The van der Waals surface area contributed by atoms with Crippen LogP contribution in [0.2, 0.25) is 0 Å². The molecule has 0 spiro atoms. The highest BCUT2D eigenvalue weighted by Gasteiger charge is 2.33. The lowest BCUT2D eigenvalue weighted by molar-refractivity contribution is -0.118. The zero-order chi connectivity index (χ0) is 12.3. The predicted octanol–water partition coefficient (Wildman–Crippen LogP) is 3.09. The number of ether oxygens (including phenoxy) is 1. The molecule has 0 saturated carbocycles. The summed E-state index contributed by atoms with van der Waals surface area (Å²) in [7, 11) is 0. The minimum absolute atomic E-state index is 0.213. The maximum absolute atomic E-state index is 11.6. The van der Waals surface area contributed by atoms with Crippen LogP contribution in [0.1, 0.15) is 19.8 Å². The van der Waals surface area contributed by atoms with Crippen molar-refractivity contribution in [1.29, 1.82) is 0 Å². The number of rotatable bonds is 4. The first kappa shape index (κ1) is 13.6. The fourth-order valence-electron chi connectivity index (χ4n) is 1.05. The summed E-state index contributed by atoms with van der Waals surface area (Å²) >= 11 is 16.8. The number of hydrogen-bond donors (Lipinski definition) is 0. The standard InChI is InChI=1S/C10H9Cl3O3/c1-2-3-4-16-10-7(13)8(14)5(11)6(12)9(10)15/h2-4H2,1H3. The van der Waals surface area contributed by atoms with E-state index in [-0.39, 0.29) is 20.9 Å². The molecule has 0 aromatic carbocycles. The van der Waals surface area contributed by atoms with Crippen LogP contribution in [0.15, 0.2) is 20.9 Å². The lowest BCUT2D eigenvalue weighted by Gasteiger charge is -2.15. The summed E-state index contributed by atoms with van der Waals surface area (Å²) in [6, 6.07) is 0. The van der Waals surface area contributed by atoms with Crippen LogP contribution in [0.4, 0.5) is 0 Å². The molecule has 0 N–H and O–H groups in total. The number of allylic oxidation sites excluding steroid dienone is 3. The fourth-order valence-corrected chi connectivity index (χ4v) is 1.68. The van der Waals surface area contributed by atoms with Crippen LogP contribution in [0.5, 0.6) is 0 Å². The number of Topliss-reactive ketones (excluding diaryl/α,β-unsaturated/α-hetero) is 2. The SMILES string of the molecule is CCCCOC1=C(Cl)C(=O)C(Cl)=C(Cl)C1=O. The van der Waals surface area contributed by atoms with Gasteiger partial charge in [0.1, 0.15) is 15.1 Å². The van der Waals surface area contributed by atoms with Crippen molar-refractivity contribution < 1.29 is 14.3 Å². The third kappa shape index (κ3) is 2.59. The van der Waals surface area contributed by atoms with Gasteiger partial charge < -0.3 is 4.74 Å². The molecule has 0 radical (unpaired) electrons.